The lowest BCUT2D eigenvalue weighted by molar-refractivity contribution is -0.243. The number of ketones is 1. The number of hydrogen-bond donors (Lipinski definition) is 0. The first-order chi connectivity index (χ1) is 18.3. The van der Waals surface area contributed by atoms with Crippen molar-refractivity contribution in [3.63, 3.8) is 0 Å². The zero-order valence-corrected chi connectivity index (χ0v) is 25.6. The molecule has 5 heteroatoms. The van der Waals surface area contributed by atoms with E-state index in [1.54, 1.807) is 0 Å². The lowest BCUT2D eigenvalue weighted by Gasteiger charge is -2.30. The van der Waals surface area contributed by atoms with E-state index in [1.165, 1.54) is 25.7 Å². The van der Waals surface area contributed by atoms with Crippen LogP contribution in [0.4, 0.5) is 0 Å². The fourth-order valence-electron chi connectivity index (χ4n) is 5.23. The molecule has 0 aliphatic heterocycles. The summed E-state index contributed by atoms with van der Waals surface area (Å²) < 4.78 is 17.7. The molecule has 0 aromatic heterocycles. The minimum absolute atomic E-state index is 0.174. The number of esters is 1. The van der Waals surface area contributed by atoms with Gasteiger partial charge in [0.25, 0.3) is 0 Å². The Hall–Kier alpha value is -1.20. The standard InChI is InChI=1S/C33H60O5/c1-6-9-12-14-15-17-21-28-24-25-30(34)29(28)22-18-16-19-23-31(32(35)36-26-20-13-10-7-2)38-33(4,5)37-27-11-8-3/h17,21,28-29,31H,6-16,18-20,22-27H2,1-5H3/b21-17-/t28-,29+,31?/m0/s1. The van der Waals surface area contributed by atoms with E-state index in [9.17, 15) is 9.59 Å². The predicted molar refractivity (Wildman–Crippen MR) is 157 cm³/mol. The van der Waals surface area contributed by atoms with Crippen molar-refractivity contribution in [1.82, 2.24) is 0 Å². The SMILES string of the molecule is CCCCCC/C=C\[C@H]1CCC(=O)[C@@H]1CCCCCC(OC(C)(C)OCCCC)C(=O)OCCCCCC. The lowest BCUT2D eigenvalue weighted by atomic mass is 9.89. The van der Waals surface area contributed by atoms with Gasteiger partial charge in [-0.3, -0.25) is 4.79 Å². The largest absolute Gasteiger partial charge is 0.464 e. The zero-order chi connectivity index (χ0) is 28.1. The van der Waals surface area contributed by atoms with Gasteiger partial charge in [-0.05, 0) is 64.7 Å². The quantitative estimate of drug-likeness (QED) is 0.0532. The maximum Gasteiger partial charge on any atom is 0.335 e. The Kier molecular flexibility index (Phi) is 19.8. The fourth-order valence-corrected chi connectivity index (χ4v) is 5.23. The molecule has 0 radical (unpaired) electrons. The molecule has 1 saturated carbocycles. The van der Waals surface area contributed by atoms with Gasteiger partial charge >= 0.3 is 5.97 Å². The van der Waals surface area contributed by atoms with Gasteiger partial charge in [0, 0.05) is 18.9 Å². The summed E-state index contributed by atoms with van der Waals surface area (Å²) in [6, 6.07) is 0. The summed E-state index contributed by atoms with van der Waals surface area (Å²) in [5.41, 5.74) is 0. The molecule has 38 heavy (non-hydrogen) atoms. The molecule has 222 valence electrons. The van der Waals surface area contributed by atoms with E-state index in [4.69, 9.17) is 14.2 Å². The van der Waals surface area contributed by atoms with Crippen molar-refractivity contribution in [2.24, 2.45) is 11.8 Å². The maximum absolute atomic E-state index is 12.9. The van der Waals surface area contributed by atoms with Crippen LogP contribution in [0.15, 0.2) is 12.2 Å². The molecule has 1 aliphatic rings. The number of carbonyl (C=O) groups excluding carboxylic acids is 2. The Morgan fingerprint density at radius 2 is 1.58 bits per heavy atom. The Morgan fingerprint density at radius 3 is 2.29 bits per heavy atom. The molecule has 0 spiro atoms. The normalized spacial score (nSPS) is 18.9. The Bertz CT molecular complexity index is 641. The Labute approximate surface area is 234 Å². The van der Waals surface area contributed by atoms with E-state index < -0.39 is 11.9 Å². The monoisotopic (exact) mass is 536 g/mol. The molecule has 0 aromatic rings. The summed E-state index contributed by atoms with van der Waals surface area (Å²) in [6.07, 6.45) is 22.7. The van der Waals surface area contributed by atoms with Crippen molar-refractivity contribution in [3.8, 4) is 0 Å². The molecule has 3 atom stereocenters. The van der Waals surface area contributed by atoms with Gasteiger partial charge in [0.2, 0.25) is 0 Å². The summed E-state index contributed by atoms with van der Waals surface area (Å²) in [5.74, 6) is -0.0809. The van der Waals surface area contributed by atoms with Gasteiger partial charge in [0.15, 0.2) is 11.9 Å². The van der Waals surface area contributed by atoms with Crippen molar-refractivity contribution in [2.75, 3.05) is 13.2 Å². The van der Waals surface area contributed by atoms with Gasteiger partial charge in [-0.2, -0.15) is 0 Å². The first-order valence-corrected chi connectivity index (χ1v) is 16.0. The van der Waals surface area contributed by atoms with E-state index >= 15 is 0 Å². The van der Waals surface area contributed by atoms with Gasteiger partial charge < -0.3 is 14.2 Å². The van der Waals surface area contributed by atoms with Crippen LogP contribution in [0.1, 0.15) is 150 Å². The molecule has 0 N–H and O–H groups in total. The summed E-state index contributed by atoms with van der Waals surface area (Å²) in [6.45, 7) is 11.4. The zero-order valence-electron chi connectivity index (χ0n) is 25.6. The predicted octanol–water partition coefficient (Wildman–Crippen LogP) is 9.12. The molecule has 1 fully saturated rings. The highest BCUT2D eigenvalue weighted by Crippen LogP contribution is 2.34. The van der Waals surface area contributed by atoms with Crippen molar-refractivity contribution in [2.45, 2.75) is 162 Å². The van der Waals surface area contributed by atoms with Gasteiger partial charge in [0.05, 0.1) is 6.61 Å². The maximum atomic E-state index is 12.9. The third-order valence-corrected chi connectivity index (χ3v) is 7.62. The van der Waals surface area contributed by atoms with Crippen LogP contribution in [-0.4, -0.2) is 36.9 Å². The second-order valence-corrected chi connectivity index (χ2v) is 11.6. The van der Waals surface area contributed by atoms with Gasteiger partial charge in [-0.15, -0.1) is 0 Å². The summed E-state index contributed by atoms with van der Waals surface area (Å²) >= 11 is 0. The smallest absolute Gasteiger partial charge is 0.335 e. The summed E-state index contributed by atoms with van der Waals surface area (Å²) in [4.78, 5) is 25.4. The average molecular weight is 537 g/mol. The minimum Gasteiger partial charge on any atom is -0.464 e. The molecule has 0 aromatic carbocycles. The number of Topliss-reactive ketones (excluding diaryl/α,β-unsaturated/α-hetero) is 1. The Balaban J connectivity index is 2.50. The van der Waals surface area contributed by atoms with E-state index in [0.29, 0.717) is 31.3 Å². The lowest BCUT2D eigenvalue weighted by Crippen LogP contribution is -2.38. The third kappa shape index (κ3) is 16.0. The molecule has 0 heterocycles. The second-order valence-electron chi connectivity index (χ2n) is 11.6. The first-order valence-electron chi connectivity index (χ1n) is 16.0. The number of ether oxygens (including phenoxy) is 3. The van der Waals surface area contributed by atoms with Crippen LogP contribution in [0.25, 0.3) is 0 Å². The van der Waals surface area contributed by atoms with E-state index in [0.717, 1.165) is 83.5 Å². The summed E-state index contributed by atoms with van der Waals surface area (Å²) in [7, 11) is 0. The molecule has 1 unspecified atom stereocenters. The van der Waals surface area contributed by atoms with Crippen LogP contribution in [0, 0.1) is 11.8 Å². The van der Waals surface area contributed by atoms with Crippen molar-refractivity contribution >= 4 is 11.8 Å². The van der Waals surface area contributed by atoms with Crippen LogP contribution in [0.3, 0.4) is 0 Å². The van der Waals surface area contributed by atoms with E-state index in [2.05, 4.69) is 32.9 Å². The number of allylic oxidation sites excluding steroid dienone is 2. The van der Waals surface area contributed by atoms with Crippen LogP contribution in [0.2, 0.25) is 0 Å². The van der Waals surface area contributed by atoms with Crippen LogP contribution < -0.4 is 0 Å². The van der Waals surface area contributed by atoms with E-state index in [-0.39, 0.29) is 11.9 Å². The topological polar surface area (TPSA) is 61.8 Å². The van der Waals surface area contributed by atoms with Gasteiger partial charge in [0.1, 0.15) is 5.78 Å². The molecule has 1 rings (SSSR count). The minimum atomic E-state index is -0.826. The molecule has 0 bridgehead atoms. The van der Waals surface area contributed by atoms with Gasteiger partial charge in [-0.25, -0.2) is 4.79 Å². The number of unbranched alkanes of at least 4 members (excludes halogenated alkanes) is 10. The van der Waals surface area contributed by atoms with Crippen molar-refractivity contribution < 1.29 is 23.8 Å². The first kappa shape index (κ1) is 34.8. The third-order valence-electron chi connectivity index (χ3n) is 7.62. The molecule has 0 saturated heterocycles. The molecule has 1 aliphatic carbocycles. The highest BCUT2D eigenvalue weighted by molar-refractivity contribution is 5.83. The van der Waals surface area contributed by atoms with Crippen LogP contribution in [0.5, 0.6) is 0 Å². The summed E-state index contributed by atoms with van der Waals surface area (Å²) in [5, 5.41) is 0. The molecular weight excluding hydrogens is 476 g/mol. The van der Waals surface area contributed by atoms with Crippen LogP contribution >= 0.6 is 0 Å². The molecule has 5 nitrogen and oxygen atoms in total. The number of carbonyl (C=O) groups is 2. The molecule has 0 amide bonds. The van der Waals surface area contributed by atoms with E-state index in [1.807, 2.05) is 13.8 Å². The highest BCUT2D eigenvalue weighted by Gasteiger charge is 2.33. The molecular formula is C33H60O5. The second kappa shape index (κ2) is 21.6. The van der Waals surface area contributed by atoms with Crippen molar-refractivity contribution in [1.29, 1.82) is 0 Å². The Morgan fingerprint density at radius 1 is 0.895 bits per heavy atom. The van der Waals surface area contributed by atoms with Crippen molar-refractivity contribution in [3.05, 3.63) is 12.2 Å². The average Bonchev–Trinajstić information content (AvgIpc) is 3.23. The number of hydrogen-bond acceptors (Lipinski definition) is 5. The van der Waals surface area contributed by atoms with Crippen LogP contribution in [-0.2, 0) is 23.8 Å². The number of rotatable bonds is 24. The highest BCUT2D eigenvalue weighted by atomic mass is 16.7. The van der Waals surface area contributed by atoms with Gasteiger partial charge in [-0.1, -0.05) is 97.1 Å². The fraction of sp³-hybridized carbons (Fsp3) is 0.879.